The molecule has 0 saturated carbocycles. The Labute approximate surface area is 108 Å². The Kier molecular flexibility index (Phi) is 5.84. The van der Waals surface area contributed by atoms with Crippen molar-refractivity contribution in [3.05, 3.63) is 18.2 Å². The number of carbonyl (C=O) groups excluding carboxylic acids is 1. The summed E-state index contributed by atoms with van der Waals surface area (Å²) in [6.07, 6.45) is 0.944. The smallest absolute Gasteiger partial charge is 0.216 e. The molecule has 5 nitrogen and oxygen atoms in total. The molecule has 100 valence electrons. The first kappa shape index (κ1) is 14.2. The topological polar surface area (TPSA) is 76.4 Å². The number of nitrogen functional groups attached to an aromatic ring is 1. The van der Waals surface area contributed by atoms with Gasteiger partial charge < -0.3 is 21.1 Å². The number of nitrogens with two attached hydrogens (primary N) is 1. The van der Waals surface area contributed by atoms with E-state index in [1.54, 1.807) is 0 Å². The van der Waals surface area contributed by atoms with E-state index in [0.717, 1.165) is 12.1 Å². The van der Waals surface area contributed by atoms with Crippen LogP contribution in [0.2, 0.25) is 0 Å². The maximum atomic E-state index is 10.7. The maximum absolute atomic E-state index is 10.7. The second kappa shape index (κ2) is 7.42. The normalized spacial score (nSPS) is 9.89. The van der Waals surface area contributed by atoms with E-state index < -0.39 is 0 Å². The summed E-state index contributed by atoms with van der Waals surface area (Å²) >= 11 is 0. The van der Waals surface area contributed by atoms with Crippen molar-refractivity contribution in [2.75, 3.05) is 30.7 Å². The Balaban J connectivity index is 2.48. The number of amides is 1. The number of hydrogen-bond acceptors (Lipinski definition) is 4. The fourth-order valence-corrected chi connectivity index (χ4v) is 1.43. The molecule has 0 atom stereocenters. The molecule has 1 rings (SSSR count). The van der Waals surface area contributed by atoms with E-state index >= 15 is 0 Å². The van der Waals surface area contributed by atoms with E-state index in [2.05, 4.69) is 10.6 Å². The lowest BCUT2D eigenvalue weighted by Gasteiger charge is -2.11. The molecule has 18 heavy (non-hydrogen) atoms. The highest BCUT2D eigenvalue weighted by atomic mass is 16.5. The summed E-state index contributed by atoms with van der Waals surface area (Å²) in [4.78, 5) is 10.7. The van der Waals surface area contributed by atoms with Crippen LogP contribution >= 0.6 is 0 Å². The summed E-state index contributed by atoms with van der Waals surface area (Å²) in [7, 11) is 0. The molecule has 0 fully saturated rings. The van der Waals surface area contributed by atoms with E-state index in [-0.39, 0.29) is 5.91 Å². The summed E-state index contributed by atoms with van der Waals surface area (Å²) in [6.45, 7) is 5.45. The molecule has 0 spiro atoms. The zero-order valence-corrected chi connectivity index (χ0v) is 11.0. The number of hydrogen-bond donors (Lipinski definition) is 3. The van der Waals surface area contributed by atoms with E-state index in [4.69, 9.17) is 10.5 Å². The maximum Gasteiger partial charge on any atom is 0.216 e. The van der Waals surface area contributed by atoms with Crippen molar-refractivity contribution in [3.8, 4) is 5.75 Å². The molecule has 0 aromatic heterocycles. The molecule has 0 heterocycles. The van der Waals surface area contributed by atoms with Gasteiger partial charge in [-0.3, -0.25) is 4.79 Å². The Morgan fingerprint density at radius 2 is 2.17 bits per heavy atom. The summed E-state index contributed by atoms with van der Waals surface area (Å²) < 4.78 is 5.54. The molecule has 4 N–H and O–H groups in total. The minimum absolute atomic E-state index is 0.0268. The fraction of sp³-hybridized carbons (Fsp3) is 0.462. The molecule has 0 saturated heterocycles. The van der Waals surface area contributed by atoms with E-state index in [0.29, 0.717) is 31.1 Å². The third-order valence-electron chi connectivity index (χ3n) is 2.30. The lowest BCUT2D eigenvalue weighted by atomic mass is 10.2. The Hall–Kier alpha value is -1.91. The standard InChI is InChI=1S/C13H21N3O2/c1-3-8-18-13-9-11(4-5-12(13)14)16-7-6-15-10(2)17/h4-5,9,16H,3,6-8,14H2,1-2H3,(H,15,17). The van der Waals surface area contributed by atoms with Gasteiger partial charge in [0.1, 0.15) is 5.75 Å². The van der Waals surface area contributed by atoms with Gasteiger partial charge >= 0.3 is 0 Å². The average Bonchev–Trinajstić information content (AvgIpc) is 2.34. The van der Waals surface area contributed by atoms with Gasteiger partial charge in [0.05, 0.1) is 12.3 Å². The van der Waals surface area contributed by atoms with Gasteiger partial charge in [-0.05, 0) is 18.6 Å². The van der Waals surface area contributed by atoms with Crippen molar-refractivity contribution >= 4 is 17.3 Å². The molecule has 1 aromatic carbocycles. The van der Waals surface area contributed by atoms with Crippen molar-refractivity contribution in [2.45, 2.75) is 20.3 Å². The zero-order valence-electron chi connectivity index (χ0n) is 11.0. The second-order valence-corrected chi connectivity index (χ2v) is 4.01. The largest absolute Gasteiger partial charge is 0.491 e. The number of benzene rings is 1. The molecular weight excluding hydrogens is 230 g/mol. The van der Waals surface area contributed by atoms with Crippen LogP contribution in [-0.2, 0) is 4.79 Å². The summed E-state index contributed by atoms with van der Waals surface area (Å²) in [5.41, 5.74) is 7.38. The number of rotatable bonds is 7. The van der Waals surface area contributed by atoms with Crippen LogP contribution in [0.3, 0.4) is 0 Å². The molecule has 5 heteroatoms. The quantitative estimate of drug-likeness (QED) is 0.508. The average molecular weight is 251 g/mol. The predicted octanol–water partition coefficient (Wildman–Crippen LogP) is 1.61. The first-order valence-corrected chi connectivity index (χ1v) is 6.14. The molecule has 1 aromatic rings. The Bertz CT molecular complexity index is 394. The van der Waals surface area contributed by atoms with E-state index in [1.165, 1.54) is 6.92 Å². The van der Waals surface area contributed by atoms with Crippen LogP contribution in [0, 0.1) is 0 Å². The third-order valence-corrected chi connectivity index (χ3v) is 2.30. The van der Waals surface area contributed by atoms with Gasteiger partial charge in [0.25, 0.3) is 0 Å². The molecule has 0 radical (unpaired) electrons. The van der Waals surface area contributed by atoms with Crippen LogP contribution in [0.4, 0.5) is 11.4 Å². The molecule has 0 aliphatic heterocycles. The van der Waals surface area contributed by atoms with Gasteiger partial charge in [-0.2, -0.15) is 0 Å². The van der Waals surface area contributed by atoms with Gasteiger partial charge in [0, 0.05) is 31.8 Å². The number of nitrogens with one attached hydrogen (secondary N) is 2. The first-order chi connectivity index (χ1) is 8.63. The van der Waals surface area contributed by atoms with Gasteiger partial charge in [-0.25, -0.2) is 0 Å². The highest BCUT2D eigenvalue weighted by molar-refractivity contribution is 5.72. The lowest BCUT2D eigenvalue weighted by Crippen LogP contribution is -2.26. The molecule has 0 bridgehead atoms. The Morgan fingerprint density at radius 3 is 2.83 bits per heavy atom. The Morgan fingerprint density at radius 1 is 1.39 bits per heavy atom. The van der Waals surface area contributed by atoms with Gasteiger partial charge in [0.15, 0.2) is 0 Å². The van der Waals surface area contributed by atoms with Crippen molar-refractivity contribution in [3.63, 3.8) is 0 Å². The lowest BCUT2D eigenvalue weighted by molar-refractivity contribution is -0.118. The molecule has 0 aliphatic rings. The van der Waals surface area contributed by atoms with Crippen molar-refractivity contribution in [1.82, 2.24) is 5.32 Å². The third kappa shape index (κ3) is 4.95. The summed E-state index contributed by atoms with van der Waals surface area (Å²) in [5, 5.41) is 5.91. The van der Waals surface area contributed by atoms with Crippen LogP contribution in [0.1, 0.15) is 20.3 Å². The monoisotopic (exact) mass is 251 g/mol. The number of ether oxygens (including phenoxy) is 1. The van der Waals surface area contributed by atoms with Crippen LogP contribution in [0.25, 0.3) is 0 Å². The summed E-state index contributed by atoms with van der Waals surface area (Å²) in [6, 6.07) is 5.58. The first-order valence-electron chi connectivity index (χ1n) is 6.14. The minimum Gasteiger partial charge on any atom is -0.491 e. The van der Waals surface area contributed by atoms with Gasteiger partial charge in [-0.15, -0.1) is 0 Å². The van der Waals surface area contributed by atoms with Gasteiger partial charge in [0.2, 0.25) is 5.91 Å². The molecule has 0 aliphatic carbocycles. The van der Waals surface area contributed by atoms with Crippen LogP contribution < -0.4 is 21.1 Å². The van der Waals surface area contributed by atoms with Crippen molar-refractivity contribution in [2.24, 2.45) is 0 Å². The van der Waals surface area contributed by atoms with Crippen LogP contribution in [-0.4, -0.2) is 25.6 Å². The predicted molar refractivity (Wildman–Crippen MR) is 73.8 cm³/mol. The molecule has 1 amide bonds. The van der Waals surface area contributed by atoms with E-state index in [1.807, 2.05) is 25.1 Å². The number of carbonyl (C=O) groups is 1. The van der Waals surface area contributed by atoms with Crippen molar-refractivity contribution in [1.29, 1.82) is 0 Å². The van der Waals surface area contributed by atoms with Crippen molar-refractivity contribution < 1.29 is 9.53 Å². The van der Waals surface area contributed by atoms with Crippen LogP contribution in [0.15, 0.2) is 18.2 Å². The molecular formula is C13H21N3O2. The van der Waals surface area contributed by atoms with Gasteiger partial charge in [-0.1, -0.05) is 6.92 Å². The SMILES string of the molecule is CCCOc1cc(NCCNC(C)=O)ccc1N. The molecule has 0 unspecified atom stereocenters. The van der Waals surface area contributed by atoms with E-state index in [9.17, 15) is 4.79 Å². The zero-order chi connectivity index (χ0) is 13.4. The summed E-state index contributed by atoms with van der Waals surface area (Å²) in [5.74, 6) is 0.669. The number of anilines is 2. The van der Waals surface area contributed by atoms with Crippen LogP contribution in [0.5, 0.6) is 5.75 Å². The second-order valence-electron chi connectivity index (χ2n) is 4.01. The fourth-order valence-electron chi connectivity index (χ4n) is 1.43. The highest BCUT2D eigenvalue weighted by Gasteiger charge is 2.01. The minimum atomic E-state index is -0.0268. The highest BCUT2D eigenvalue weighted by Crippen LogP contribution is 2.25.